The van der Waals surface area contributed by atoms with E-state index in [1.165, 1.54) is 11.8 Å². The number of nitrogens with one attached hydrogen (secondary N) is 2. The zero-order chi connectivity index (χ0) is 39.7. The highest BCUT2D eigenvalue weighted by molar-refractivity contribution is 7.99. The van der Waals surface area contributed by atoms with Gasteiger partial charge in [-0.25, -0.2) is 9.78 Å². The number of aromatic nitrogens is 1. The van der Waals surface area contributed by atoms with E-state index in [9.17, 15) is 9.90 Å². The molecule has 6 aromatic carbocycles. The van der Waals surface area contributed by atoms with Crippen molar-refractivity contribution in [1.29, 1.82) is 0 Å². The molecule has 2 amide bonds. The van der Waals surface area contributed by atoms with Gasteiger partial charge in [0.05, 0.1) is 18.8 Å². The summed E-state index contributed by atoms with van der Waals surface area (Å²) in [5, 5.41) is 16.2. The van der Waals surface area contributed by atoms with E-state index in [2.05, 4.69) is 47.9 Å². The minimum absolute atomic E-state index is 0.00980. The first-order valence-electron chi connectivity index (χ1n) is 19.5. The SMILES string of the molecule is CC1C(CSc2nc(-c3ccccc3)c(-c3ccccc3)o2)OC(c2ccc(-c3ccccc3CNC(=O)NCc3ccccc3)cc2)OC1c1ccc(CO)cc1. The molecule has 0 aliphatic carbocycles. The number of oxazole rings is 1. The summed E-state index contributed by atoms with van der Waals surface area (Å²) in [6.07, 6.45) is -1.10. The van der Waals surface area contributed by atoms with Crippen molar-refractivity contribution in [2.75, 3.05) is 5.75 Å². The lowest BCUT2D eigenvalue weighted by Gasteiger charge is -2.41. The summed E-state index contributed by atoms with van der Waals surface area (Å²) in [6, 6.07) is 54.1. The first-order valence-corrected chi connectivity index (χ1v) is 20.5. The first-order chi connectivity index (χ1) is 28.5. The molecule has 0 bridgehead atoms. The van der Waals surface area contributed by atoms with Crippen LogP contribution in [0.3, 0.4) is 0 Å². The van der Waals surface area contributed by atoms with Gasteiger partial charge in [0.1, 0.15) is 5.69 Å². The van der Waals surface area contributed by atoms with E-state index in [1.54, 1.807) is 0 Å². The fourth-order valence-electron chi connectivity index (χ4n) is 7.19. The number of carbonyl (C=O) groups excluding carboxylic acids is 1. The molecule has 1 aliphatic rings. The fourth-order valence-corrected chi connectivity index (χ4v) is 8.18. The summed E-state index contributed by atoms with van der Waals surface area (Å²) in [7, 11) is 0. The minimum atomic E-state index is -0.632. The van der Waals surface area contributed by atoms with Crippen LogP contribution in [0.4, 0.5) is 4.79 Å². The molecule has 3 N–H and O–H groups in total. The van der Waals surface area contributed by atoms with Crippen LogP contribution in [0.5, 0.6) is 0 Å². The van der Waals surface area contributed by atoms with Crippen LogP contribution in [-0.4, -0.2) is 28.0 Å². The first kappa shape index (κ1) is 38.9. The predicted octanol–water partition coefficient (Wildman–Crippen LogP) is 10.8. The summed E-state index contributed by atoms with van der Waals surface area (Å²) in [4.78, 5) is 17.6. The third kappa shape index (κ3) is 9.25. The zero-order valence-corrected chi connectivity index (χ0v) is 33.0. The monoisotopic (exact) mass is 787 g/mol. The molecule has 8 rings (SSSR count). The van der Waals surface area contributed by atoms with Gasteiger partial charge < -0.3 is 29.6 Å². The molecule has 1 saturated heterocycles. The van der Waals surface area contributed by atoms with Crippen molar-refractivity contribution in [3.8, 4) is 33.7 Å². The predicted molar refractivity (Wildman–Crippen MR) is 228 cm³/mol. The summed E-state index contributed by atoms with van der Waals surface area (Å²) >= 11 is 1.54. The number of amides is 2. The lowest BCUT2D eigenvalue weighted by Crippen LogP contribution is -2.38. The second kappa shape index (κ2) is 18.5. The zero-order valence-electron chi connectivity index (χ0n) is 32.2. The van der Waals surface area contributed by atoms with Crippen LogP contribution in [0.25, 0.3) is 33.7 Å². The number of thioether (sulfide) groups is 1. The lowest BCUT2D eigenvalue weighted by molar-refractivity contribution is -0.268. The van der Waals surface area contributed by atoms with Gasteiger partial charge in [-0.15, -0.1) is 0 Å². The van der Waals surface area contributed by atoms with Gasteiger partial charge in [0.2, 0.25) is 0 Å². The number of rotatable bonds is 13. The van der Waals surface area contributed by atoms with Crippen molar-refractivity contribution in [3.05, 3.63) is 192 Å². The molecule has 1 fully saturated rings. The molecule has 1 aromatic heterocycles. The van der Waals surface area contributed by atoms with Gasteiger partial charge in [0, 0.05) is 41.5 Å². The van der Waals surface area contributed by atoms with E-state index in [0.29, 0.717) is 24.1 Å². The molecular formula is C49H45N3O5S. The minimum Gasteiger partial charge on any atom is -0.431 e. The Kier molecular flexibility index (Phi) is 12.4. The van der Waals surface area contributed by atoms with E-state index in [-0.39, 0.29) is 30.8 Å². The number of hydrogen-bond acceptors (Lipinski definition) is 7. The van der Waals surface area contributed by atoms with Crippen molar-refractivity contribution in [3.63, 3.8) is 0 Å². The Balaban J connectivity index is 1.00. The van der Waals surface area contributed by atoms with Crippen LogP contribution in [0, 0.1) is 5.92 Å². The molecular weight excluding hydrogens is 743 g/mol. The maximum Gasteiger partial charge on any atom is 0.315 e. The summed E-state index contributed by atoms with van der Waals surface area (Å²) in [5.41, 5.74) is 9.62. The van der Waals surface area contributed by atoms with E-state index in [1.807, 2.05) is 133 Å². The molecule has 0 radical (unpaired) electrons. The number of aliphatic hydroxyl groups is 1. The molecule has 8 nitrogen and oxygen atoms in total. The van der Waals surface area contributed by atoms with Crippen molar-refractivity contribution in [2.45, 2.75) is 50.3 Å². The third-order valence-corrected chi connectivity index (χ3v) is 11.3. The maximum atomic E-state index is 12.7. The van der Waals surface area contributed by atoms with Crippen LogP contribution in [-0.2, 0) is 29.2 Å². The van der Waals surface area contributed by atoms with E-state index >= 15 is 0 Å². The Morgan fingerprint density at radius 1 is 0.655 bits per heavy atom. The van der Waals surface area contributed by atoms with E-state index in [4.69, 9.17) is 18.9 Å². The van der Waals surface area contributed by atoms with Gasteiger partial charge in [-0.2, -0.15) is 0 Å². The highest BCUT2D eigenvalue weighted by atomic mass is 32.2. The van der Waals surface area contributed by atoms with Crippen molar-refractivity contribution in [2.24, 2.45) is 5.92 Å². The molecule has 7 aromatic rings. The second-order valence-electron chi connectivity index (χ2n) is 14.3. The molecule has 2 heterocycles. The van der Waals surface area contributed by atoms with Gasteiger partial charge in [-0.1, -0.05) is 182 Å². The highest BCUT2D eigenvalue weighted by Gasteiger charge is 2.39. The van der Waals surface area contributed by atoms with Crippen molar-refractivity contribution >= 4 is 17.8 Å². The molecule has 9 heteroatoms. The fraction of sp³-hybridized carbons (Fsp3) is 0.184. The normalized spacial score (nSPS) is 17.8. The largest absolute Gasteiger partial charge is 0.431 e. The highest BCUT2D eigenvalue weighted by Crippen LogP contribution is 2.44. The number of urea groups is 1. The molecule has 1 aliphatic heterocycles. The maximum absolute atomic E-state index is 12.7. The third-order valence-electron chi connectivity index (χ3n) is 10.4. The average molecular weight is 788 g/mol. The summed E-state index contributed by atoms with van der Waals surface area (Å²) < 4.78 is 20.0. The van der Waals surface area contributed by atoms with Crippen LogP contribution in [0.15, 0.2) is 173 Å². The van der Waals surface area contributed by atoms with Crippen LogP contribution >= 0.6 is 11.8 Å². The quantitative estimate of drug-likeness (QED) is 0.0999. The Labute approximate surface area is 343 Å². The molecule has 0 saturated carbocycles. The molecule has 4 unspecified atom stereocenters. The Morgan fingerprint density at radius 2 is 1.28 bits per heavy atom. The van der Waals surface area contributed by atoms with Gasteiger partial charge >= 0.3 is 6.03 Å². The number of carbonyl (C=O) groups is 1. The average Bonchev–Trinajstić information content (AvgIpc) is 3.73. The van der Waals surface area contributed by atoms with Crippen LogP contribution < -0.4 is 10.6 Å². The Morgan fingerprint density at radius 3 is 1.98 bits per heavy atom. The molecule has 4 atom stereocenters. The van der Waals surface area contributed by atoms with Gasteiger partial charge in [-0.05, 0) is 33.4 Å². The molecule has 58 heavy (non-hydrogen) atoms. The number of aliphatic hydroxyl groups excluding tert-OH is 1. The van der Waals surface area contributed by atoms with Crippen LogP contribution in [0.1, 0.15) is 47.1 Å². The number of nitrogens with zero attached hydrogens (tertiary/aromatic N) is 1. The number of benzene rings is 6. The topological polar surface area (TPSA) is 106 Å². The Hall–Kier alpha value is -5.97. The molecule has 292 valence electrons. The van der Waals surface area contributed by atoms with Gasteiger partial charge in [0.25, 0.3) is 5.22 Å². The standard InChI is InChI=1S/C49H45N3O5S/c1-33-43(32-58-49-52-44(37-15-7-3-8-16-37)46(57-49)38-17-9-4-10-18-38)55-47(56-45(33)39-23-21-35(31-53)22-24-39)40-27-25-36(26-28-40)42-20-12-11-19-41(42)30-51-48(54)50-29-34-13-5-2-6-14-34/h2-28,33,43,45,47,53H,29-32H2,1H3,(H2,50,51,54). The van der Waals surface area contributed by atoms with Crippen LogP contribution in [0.2, 0.25) is 0 Å². The number of hydrogen-bond donors (Lipinski definition) is 3. The summed E-state index contributed by atoms with van der Waals surface area (Å²) in [6.45, 7) is 2.97. The van der Waals surface area contributed by atoms with Gasteiger partial charge in [-0.3, -0.25) is 0 Å². The molecule has 0 spiro atoms. The van der Waals surface area contributed by atoms with E-state index in [0.717, 1.165) is 61.5 Å². The smallest absolute Gasteiger partial charge is 0.315 e. The lowest BCUT2D eigenvalue weighted by atomic mass is 9.91. The number of ether oxygens (including phenoxy) is 2. The van der Waals surface area contributed by atoms with Gasteiger partial charge in [0.15, 0.2) is 12.1 Å². The Bertz CT molecular complexity index is 2330. The second-order valence-corrected chi connectivity index (χ2v) is 15.3. The summed E-state index contributed by atoms with van der Waals surface area (Å²) in [5.74, 6) is 1.32. The van der Waals surface area contributed by atoms with Crippen molar-refractivity contribution in [1.82, 2.24) is 15.6 Å². The van der Waals surface area contributed by atoms with E-state index < -0.39 is 6.29 Å². The van der Waals surface area contributed by atoms with Crippen molar-refractivity contribution < 1.29 is 23.8 Å².